The van der Waals surface area contributed by atoms with Gasteiger partial charge in [0.1, 0.15) is 7.85 Å². The number of allylic oxidation sites excluding steroid dienone is 1. The first-order valence-electron chi connectivity index (χ1n) is 14.3. The van der Waals surface area contributed by atoms with Gasteiger partial charge in [0.25, 0.3) is 0 Å². The number of aromatic nitrogens is 2. The molecule has 0 radical (unpaired) electrons. The van der Waals surface area contributed by atoms with E-state index in [-0.39, 0.29) is 5.16 Å². The number of rotatable bonds is 11. The molecule has 0 saturated heterocycles. The van der Waals surface area contributed by atoms with Gasteiger partial charge in [-0.15, -0.1) is 12.6 Å². The molecule has 0 amide bonds. The summed E-state index contributed by atoms with van der Waals surface area (Å²) in [6.45, 7) is 3.84. The maximum absolute atomic E-state index is 4.37. The summed E-state index contributed by atoms with van der Waals surface area (Å²) in [6.07, 6.45) is 11.6. The van der Waals surface area contributed by atoms with Crippen LogP contribution in [0.3, 0.4) is 0 Å². The molecular weight excluding hydrogens is 499 g/mol. The number of nitrogens with zero attached hydrogens (tertiary/aromatic N) is 2. The number of hydrogen-bond acceptors (Lipinski definition) is 1. The van der Waals surface area contributed by atoms with Crippen molar-refractivity contribution in [3.05, 3.63) is 181 Å². The summed E-state index contributed by atoms with van der Waals surface area (Å²) in [5.41, 5.74) is 6.57. The van der Waals surface area contributed by atoms with E-state index in [2.05, 4.69) is 145 Å². The highest BCUT2D eigenvalue weighted by Crippen LogP contribution is 2.34. The molecule has 4 aromatic carbocycles. The average molecular weight is 539 g/mol. The molecule has 0 N–H and O–H groups in total. The number of benzene rings is 4. The first-order valence-corrected chi connectivity index (χ1v) is 16.0. The van der Waals surface area contributed by atoms with Crippen molar-refractivity contribution < 1.29 is 0 Å². The van der Waals surface area contributed by atoms with Crippen LogP contribution in [-0.2, 0) is 5.16 Å². The van der Waals surface area contributed by atoms with Gasteiger partial charge in [-0.25, -0.2) is 4.98 Å². The standard InChI is InChI=1S/C22H26N2Si.C14H13B/c1-2-3-4-11-18-25-22(24-17-16-23-19-24,20-12-7-5-8-13-20)21-14-9-6-10-15-21;15-11-14(12-7-3-1-4-8-12)13-9-5-2-6-10-13/h2,5-10,12-17,19H,1,3-4,11,18,25H2;1-11H,15H2. The van der Waals surface area contributed by atoms with Crippen LogP contribution in [-0.4, -0.2) is 26.9 Å². The summed E-state index contributed by atoms with van der Waals surface area (Å²) in [5, 5.41) is -0.0762. The Labute approximate surface area is 243 Å². The normalized spacial score (nSPS) is 11.0. The number of unbranched alkanes of at least 4 members (excludes halogenated alkanes) is 2. The quantitative estimate of drug-likeness (QED) is 0.0982. The molecule has 4 heteroatoms. The zero-order valence-corrected chi connectivity index (χ0v) is 25.0. The minimum atomic E-state index is -0.486. The van der Waals surface area contributed by atoms with E-state index in [1.165, 1.54) is 46.7 Å². The summed E-state index contributed by atoms with van der Waals surface area (Å²) < 4.78 is 2.33. The Bertz CT molecular complexity index is 1340. The van der Waals surface area contributed by atoms with Crippen LogP contribution < -0.4 is 0 Å². The lowest BCUT2D eigenvalue weighted by Gasteiger charge is -2.37. The van der Waals surface area contributed by atoms with Crippen molar-refractivity contribution in [2.24, 2.45) is 0 Å². The summed E-state index contributed by atoms with van der Waals surface area (Å²) in [6, 6.07) is 44.1. The van der Waals surface area contributed by atoms with E-state index in [0.29, 0.717) is 0 Å². The lowest BCUT2D eigenvalue weighted by atomic mass is 9.92. The largest absolute Gasteiger partial charge is 0.327 e. The summed E-state index contributed by atoms with van der Waals surface area (Å²) in [5.74, 6) is 2.16. The molecular formula is C36H39BN2Si. The van der Waals surface area contributed by atoms with Gasteiger partial charge in [-0.05, 0) is 34.2 Å². The van der Waals surface area contributed by atoms with E-state index in [1.807, 2.05) is 30.7 Å². The third kappa shape index (κ3) is 7.28. The Morgan fingerprint density at radius 3 is 1.68 bits per heavy atom. The Hall–Kier alpha value is -4.15. The van der Waals surface area contributed by atoms with Crippen LogP contribution in [0.5, 0.6) is 0 Å². The highest BCUT2D eigenvalue weighted by atomic mass is 28.2. The zero-order valence-electron chi connectivity index (χ0n) is 23.6. The predicted octanol–water partition coefficient (Wildman–Crippen LogP) is 7.28. The minimum absolute atomic E-state index is 0.0762. The first kappa shape index (κ1) is 28.8. The average Bonchev–Trinajstić information content (AvgIpc) is 3.57. The smallest absolute Gasteiger partial charge is 0.130 e. The van der Waals surface area contributed by atoms with E-state index in [0.717, 1.165) is 6.42 Å². The van der Waals surface area contributed by atoms with Gasteiger partial charge in [-0.2, -0.15) is 0 Å². The van der Waals surface area contributed by atoms with Crippen LogP contribution in [0.4, 0.5) is 0 Å². The maximum atomic E-state index is 4.37. The van der Waals surface area contributed by atoms with Crippen molar-refractivity contribution in [2.45, 2.75) is 30.5 Å². The van der Waals surface area contributed by atoms with Crippen molar-refractivity contribution in [1.29, 1.82) is 0 Å². The van der Waals surface area contributed by atoms with E-state index in [9.17, 15) is 0 Å². The zero-order chi connectivity index (χ0) is 27.9. The van der Waals surface area contributed by atoms with E-state index >= 15 is 0 Å². The monoisotopic (exact) mass is 538 g/mol. The summed E-state index contributed by atoms with van der Waals surface area (Å²) in [7, 11) is 1.59. The lowest BCUT2D eigenvalue weighted by molar-refractivity contribution is 0.588. The fraction of sp³-hybridized carbons (Fsp3) is 0.139. The second-order valence-electron chi connectivity index (χ2n) is 9.88. The van der Waals surface area contributed by atoms with E-state index in [1.54, 1.807) is 0 Å². The van der Waals surface area contributed by atoms with Crippen LogP contribution in [0, 0.1) is 0 Å². The van der Waals surface area contributed by atoms with Crippen molar-refractivity contribution in [3.8, 4) is 0 Å². The van der Waals surface area contributed by atoms with Gasteiger partial charge in [0, 0.05) is 12.4 Å². The Balaban J connectivity index is 0.000000210. The molecule has 0 spiro atoms. The highest BCUT2D eigenvalue weighted by Gasteiger charge is 2.35. The Morgan fingerprint density at radius 1 is 0.750 bits per heavy atom. The third-order valence-electron chi connectivity index (χ3n) is 7.35. The second-order valence-corrected chi connectivity index (χ2v) is 12.1. The van der Waals surface area contributed by atoms with Crippen LogP contribution in [0.25, 0.3) is 5.57 Å². The molecule has 2 nitrogen and oxygen atoms in total. The van der Waals surface area contributed by atoms with Crippen LogP contribution in [0.1, 0.15) is 41.5 Å². The molecule has 1 heterocycles. The number of imidazole rings is 1. The van der Waals surface area contributed by atoms with Gasteiger partial charge >= 0.3 is 0 Å². The van der Waals surface area contributed by atoms with Gasteiger partial charge in [-0.3, -0.25) is 0 Å². The first-order chi connectivity index (χ1) is 19.8. The van der Waals surface area contributed by atoms with Gasteiger partial charge in [-0.1, -0.05) is 146 Å². The third-order valence-corrected chi connectivity index (χ3v) is 10.1. The fourth-order valence-electron chi connectivity index (χ4n) is 5.38. The molecule has 0 aliphatic carbocycles. The molecule has 1 aromatic heterocycles. The van der Waals surface area contributed by atoms with Crippen LogP contribution in [0.15, 0.2) is 159 Å². The predicted molar refractivity (Wildman–Crippen MR) is 177 cm³/mol. The van der Waals surface area contributed by atoms with E-state index in [4.69, 9.17) is 0 Å². The topological polar surface area (TPSA) is 17.8 Å². The fourth-order valence-corrected chi connectivity index (χ4v) is 7.99. The van der Waals surface area contributed by atoms with Crippen LogP contribution in [0.2, 0.25) is 6.04 Å². The summed E-state index contributed by atoms with van der Waals surface area (Å²) >= 11 is 0. The lowest BCUT2D eigenvalue weighted by Crippen LogP contribution is -2.41. The number of hydrogen-bond donors (Lipinski definition) is 0. The highest BCUT2D eigenvalue weighted by molar-refractivity contribution is 6.41. The Morgan fingerprint density at radius 2 is 1.25 bits per heavy atom. The molecule has 0 aliphatic heterocycles. The van der Waals surface area contributed by atoms with Gasteiger partial charge in [0.15, 0.2) is 0 Å². The van der Waals surface area contributed by atoms with Crippen molar-refractivity contribution in [3.63, 3.8) is 0 Å². The van der Waals surface area contributed by atoms with Gasteiger partial charge in [0.2, 0.25) is 0 Å². The second kappa shape index (κ2) is 15.4. The van der Waals surface area contributed by atoms with Gasteiger partial charge < -0.3 is 4.57 Å². The minimum Gasteiger partial charge on any atom is -0.327 e. The molecule has 5 aromatic rings. The molecule has 0 atom stereocenters. The molecule has 0 saturated carbocycles. The maximum Gasteiger partial charge on any atom is 0.130 e. The Kier molecular flexibility index (Phi) is 11.1. The SMILES string of the molecule is BC=C(c1ccccc1)c1ccccc1.C=CCCCC[SiH2]C(c1ccccc1)(c1ccccc1)n1ccnc1. The van der Waals surface area contributed by atoms with E-state index < -0.39 is 9.52 Å². The molecule has 200 valence electrons. The molecule has 0 fully saturated rings. The van der Waals surface area contributed by atoms with Crippen LogP contribution >= 0.6 is 0 Å². The van der Waals surface area contributed by atoms with Crippen molar-refractivity contribution in [2.75, 3.05) is 0 Å². The van der Waals surface area contributed by atoms with Crippen molar-refractivity contribution >= 4 is 22.9 Å². The summed E-state index contributed by atoms with van der Waals surface area (Å²) in [4.78, 5) is 4.37. The molecule has 40 heavy (non-hydrogen) atoms. The molecule has 5 rings (SSSR count). The van der Waals surface area contributed by atoms with Gasteiger partial charge in [0.05, 0.1) is 21.0 Å². The van der Waals surface area contributed by atoms with Crippen molar-refractivity contribution in [1.82, 2.24) is 9.55 Å². The molecule has 0 unspecified atom stereocenters. The molecule has 0 bridgehead atoms. The molecule has 0 aliphatic rings.